The number of anilines is 1. The van der Waals surface area contributed by atoms with E-state index in [2.05, 4.69) is 20.5 Å². The van der Waals surface area contributed by atoms with Crippen molar-refractivity contribution >= 4 is 91.6 Å². The van der Waals surface area contributed by atoms with E-state index in [9.17, 15) is 47.9 Å². The number of azo groups is 2. The maximum atomic E-state index is 12.1. The maximum Gasteiger partial charge on any atom is 1.00 e. The van der Waals surface area contributed by atoms with Gasteiger partial charge in [0.15, 0.2) is 5.75 Å². The first-order valence-corrected chi connectivity index (χ1v) is 20.1. The van der Waals surface area contributed by atoms with Crippen LogP contribution in [-0.2, 0) is 58.5 Å². The summed E-state index contributed by atoms with van der Waals surface area (Å²) >= 11 is 0. The molecular weight excluding hydrogens is 907 g/mol. The molecule has 0 spiro atoms. The van der Waals surface area contributed by atoms with E-state index in [-0.39, 0.29) is 162 Å². The van der Waals surface area contributed by atoms with Crippen LogP contribution >= 0.6 is 0 Å². The molecule has 0 saturated carbocycles. The zero-order chi connectivity index (χ0) is 39.3. The van der Waals surface area contributed by atoms with E-state index in [4.69, 9.17) is 5.73 Å². The SMILES string of the molecule is Cc1cc(-c2ccc(N=Nc3c([S-](=O)=O)cc4cc(S(=O)(=O)[O-])cc(N)c4c3O)c(C)c2)ccc1N=Nc1cc2ccc([S-](=O)=O)cc2cc1S(=O)(=O)[O-].[Na+].[Na+].[Na+].[Na+].[OH-].[OH-]. The van der Waals surface area contributed by atoms with Gasteiger partial charge in [-0.25, -0.2) is 16.8 Å². The second-order valence-electron chi connectivity index (χ2n) is 11.8. The van der Waals surface area contributed by atoms with Gasteiger partial charge in [0.2, 0.25) is 0 Å². The van der Waals surface area contributed by atoms with E-state index < -0.39 is 67.8 Å². The predicted molar refractivity (Wildman–Crippen MR) is 197 cm³/mol. The van der Waals surface area contributed by atoms with Gasteiger partial charge in [-0.15, -0.1) is 10.2 Å². The third-order valence-electron chi connectivity index (χ3n) is 8.22. The molecule has 6 aromatic rings. The van der Waals surface area contributed by atoms with Crippen LogP contribution in [0.5, 0.6) is 5.75 Å². The molecule has 60 heavy (non-hydrogen) atoms. The summed E-state index contributed by atoms with van der Waals surface area (Å²) in [5, 5.41) is 27.7. The zero-order valence-corrected chi connectivity index (χ0v) is 43.8. The van der Waals surface area contributed by atoms with Crippen LogP contribution in [0.15, 0.2) is 125 Å². The Labute approximate surface area is 435 Å². The molecule has 294 valence electrons. The quantitative estimate of drug-likeness (QED) is 0.0452. The van der Waals surface area contributed by atoms with Crippen molar-refractivity contribution in [3.8, 4) is 16.9 Å². The Balaban J connectivity index is 0.00000580. The Morgan fingerprint density at radius 3 is 1.60 bits per heavy atom. The molecule has 5 N–H and O–H groups in total. The molecule has 0 fully saturated rings. The van der Waals surface area contributed by atoms with Crippen LogP contribution < -0.4 is 124 Å². The zero-order valence-electron chi connectivity index (χ0n) is 32.5. The van der Waals surface area contributed by atoms with E-state index >= 15 is 0 Å². The van der Waals surface area contributed by atoms with Gasteiger partial charge in [-0.3, -0.25) is 0 Å². The van der Waals surface area contributed by atoms with Crippen molar-refractivity contribution in [1.29, 1.82) is 0 Å². The number of hydrogen-bond acceptors (Lipinski definition) is 20. The van der Waals surface area contributed by atoms with Gasteiger partial charge in [-0.05, 0) is 127 Å². The molecule has 18 nitrogen and oxygen atoms in total. The summed E-state index contributed by atoms with van der Waals surface area (Å²) < 4.78 is 118. The van der Waals surface area contributed by atoms with Gasteiger partial charge in [0, 0.05) is 11.1 Å². The van der Waals surface area contributed by atoms with Crippen LogP contribution in [-0.4, -0.2) is 42.0 Å². The number of phenols is 1. The van der Waals surface area contributed by atoms with Crippen molar-refractivity contribution < 1.29 is 177 Å². The molecule has 0 unspecified atom stereocenters. The van der Waals surface area contributed by atoms with Crippen LogP contribution in [0.4, 0.5) is 28.4 Å². The Morgan fingerprint density at radius 2 is 1.12 bits per heavy atom. The summed E-state index contributed by atoms with van der Waals surface area (Å²) in [4.78, 5) is -1.98. The van der Waals surface area contributed by atoms with Crippen LogP contribution in [0.2, 0.25) is 0 Å². The van der Waals surface area contributed by atoms with Crippen molar-refractivity contribution in [1.82, 2.24) is 0 Å². The van der Waals surface area contributed by atoms with Crippen LogP contribution in [0.3, 0.4) is 0 Å². The van der Waals surface area contributed by atoms with Gasteiger partial charge < -0.3 is 47.7 Å². The van der Waals surface area contributed by atoms with Crippen molar-refractivity contribution in [2.45, 2.75) is 33.4 Å². The molecule has 0 saturated heterocycles. The summed E-state index contributed by atoms with van der Waals surface area (Å²) in [6.45, 7) is 3.46. The molecule has 0 amide bonds. The smallest absolute Gasteiger partial charge is 0.870 e. The molecule has 0 heterocycles. The van der Waals surface area contributed by atoms with Crippen LogP contribution in [0.25, 0.3) is 32.7 Å². The Bertz CT molecular complexity index is 3040. The van der Waals surface area contributed by atoms with Crippen LogP contribution in [0, 0.1) is 13.8 Å². The first-order chi connectivity index (χ1) is 25.3. The topological polar surface area (TPSA) is 338 Å². The Kier molecular flexibility index (Phi) is 22.6. The first-order valence-electron chi connectivity index (χ1n) is 15.1. The number of nitrogen functional groups attached to an aromatic ring is 1. The minimum absolute atomic E-state index is 0. The van der Waals surface area contributed by atoms with Crippen molar-refractivity contribution in [3.05, 3.63) is 96.1 Å². The molecule has 0 radical (unpaired) electrons. The van der Waals surface area contributed by atoms with Gasteiger partial charge in [0.25, 0.3) is 0 Å². The summed E-state index contributed by atoms with van der Waals surface area (Å²) in [7, 11) is -15.5. The number of phenolic OH excluding ortho intramolecular Hbond substituents is 1. The molecule has 0 atom stereocenters. The van der Waals surface area contributed by atoms with Gasteiger partial charge in [0.1, 0.15) is 31.6 Å². The van der Waals surface area contributed by atoms with E-state index in [1.165, 1.54) is 24.3 Å². The van der Waals surface area contributed by atoms with E-state index in [1.54, 1.807) is 50.2 Å². The fraction of sp³-hybridized carbons (Fsp3) is 0.0588. The Morgan fingerprint density at radius 1 is 0.583 bits per heavy atom. The number of aromatic hydroxyl groups is 1. The predicted octanol–water partition coefficient (Wildman–Crippen LogP) is -4.80. The number of nitrogens with two attached hydrogens (primary N) is 1. The van der Waals surface area contributed by atoms with Crippen molar-refractivity contribution in [3.63, 3.8) is 0 Å². The number of aryl methyl sites for hydroxylation is 2. The first kappa shape index (κ1) is 58.3. The summed E-state index contributed by atoms with van der Waals surface area (Å²) in [5.74, 6) is -0.690. The number of rotatable bonds is 9. The van der Waals surface area contributed by atoms with Crippen molar-refractivity contribution in [2.75, 3.05) is 5.73 Å². The minimum Gasteiger partial charge on any atom is -0.870 e. The van der Waals surface area contributed by atoms with Gasteiger partial charge in [-0.2, -0.15) is 10.2 Å². The van der Waals surface area contributed by atoms with E-state index in [1.807, 2.05) is 0 Å². The summed E-state index contributed by atoms with van der Waals surface area (Å²) in [6.07, 6.45) is 0. The number of fused-ring (bicyclic) bond motifs is 2. The standard InChI is InChI=1S/C34H25N5O11S4.4Na.2H2O/c1-17-9-19(4-7-27(17)36-38-29-13-21-3-6-24(51(41)42)11-22(21)15-31(29)54(48,49)50)20-5-8-28(18(2)10-20)37-39-33-30(52(43)44)14-23-12-25(53(45,46)47)16-26(35)32(23)34(33)40;;;;;;/h3-16,40H,35H2,1-2H3,(H,45,46,47)(H,48,49,50);;;;;2*1H2/q-2;4*+1;;/p-4. The third-order valence-corrected chi connectivity index (χ3v) is 11.2. The molecule has 0 aromatic heterocycles. The monoisotopic (exact) mass is 931 g/mol. The van der Waals surface area contributed by atoms with Crippen LogP contribution in [0.1, 0.15) is 11.1 Å². The Hall–Kier alpha value is -1.72. The van der Waals surface area contributed by atoms with Gasteiger partial charge >= 0.3 is 118 Å². The van der Waals surface area contributed by atoms with E-state index in [0.717, 1.165) is 35.4 Å². The maximum absolute atomic E-state index is 12.1. The molecule has 6 rings (SSSR count). The fourth-order valence-corrected chi connectivity index (χ4v) is 7.68. The molecule has 0 aliphatic heterocycles. The molecule has 0 aliphatic carbocycles. The largest absolute Gasteiger partial charge is 1.00 e. The minimum atomic E-state index is -5.01. The second kappa shape index (κ2) is 23.3. The number of benzene rings is 6. The molecule has 0 aliphatic rings. The fourth-order valence-electron chi connectivity index (χ4n) is 5.59. The molecule has 6 aromatic carbocycles. The average Bonchev–Trinajstić information content (AvgIpc) is 3.09. The molecule has 26 heteroatoms. The van der Waals surface area contributed by atoms with E-state index in [0.29, 0.717) is 27.9 Å². The van der Waals surface area contributed by atoms with Crippen molar-refractivity contribution in [2.24, 2.45) is 20.5 Å². The summed E-state index contributed by atoms with van der Waals surface area (Å²) in [6, 6.07) is 19.4. The average molecular weight is 932 g/mol. The molecule has 0 bridgehead atoms. The van der Waals surface area contributed by atoms with Gasteiger partial charge in [0.05, 0.1) is 21.2 Å². The van der Waals surface area contributed by atoms with Gasteiger partial charge in [-0.1, -0.05) is 41.3 Å². The normalized spacial score (nSPS) is 11.4. The second-order valence-corrected chi connectivity index (χ2v) is 16.4. The summed E-state index contributed by atoms with van der Waals surface area (Å²) in [5.41, 5.74) is 8.31. The number of hydrogen-bond donors (Lipinski definition) is 2. The molecular formula is C34H25N5Na4O13S4-2. The number of nitrogens with zero attached hydrogens (tertiary/aromatic N) is 4. The third kappa shape index (κ3) is 12.9.